The van der Waals surface area contributed by atoms with Crippen LogP contribution in [0.1, 0.15) is 37.0 Å². The summed E-state index contributed by atoms with van der Waals surface area (Å²) in [5, 5.41) is 21.1. The van der Waals surface area contributed by atoms with Crippen molar-refractivity contribution in [3.05, 3.63) is 70.9 Å². The summed E-state index contributed by atoms with van der Waals surface area (Å²) >= 11 is 6.27. The number of halogens is 2. The van der Waals surface area contributed by atoms with Gasteiger partial charge < -0.3 is 19.4 Å². The Morgan fingerprint density at radius 3 is 2.65 bits per heavy atom. The largest absolute Gasteiger partial charge is 0.480 e. The average molecular weight is 524 g/mol. The van der Waals surface area contributed by atoms with Crippen LogP contribution in [0.4, 0.5) is 10.1 Å². The summed E-state index contributed by atoms with van der Waals surface area (Å²) in [5.41, 5.74) is 0.671. The monoisotopic (exact) mass is 523 g/mol. The van der Waals surface area contributed by atoms with Gasteiger partial charge in [0.15, 0.2) is 18.2 Å². The van der Waals surface area contributed by atoms with Gasteiger partial charge in [-0.05, 0) is 26.0 Å². The van der Waals surface area contributed by atoms with Crippen molar-refractivity contribution in [3.63, 3.8) is 0 Å². The SMILES string of the molecule is Cc1nc2cc(F)c(-c3cnc(C4(O)CC(C)(O)C4)nc3)cn2c1CN1C(=O)COc2c(Cl)cccc21. The summed E-state index contributed by atoms with van der Waals surface area (Å²) in [5.74, 6) is -0.117. The molecule has 1 amide bonds. The second-order valence-electron chi connectivity index (χ2n) is 9.94. The zero-order valence-electron chi connectivity index (χ0n) is 20.1. The number of aromatic nitrogens is 4. The van der Waals surface area contributed by atoms with Crippen molar-refractivity contribution in [2.24, 2.45) is 0 Å². The predicted molar refractivity (Wildman–Crippen MR) is 133 cm³/mol. The normalized spacial score (nSPS) is 23.1. The van der Waals surface area contributed by atoms with Gasteiger partial charge in [-0.2, -0.15) is 0 Å². The van der Waals surface area contributed by atoms with Gasteiger partial charge in [-0.15, -0.1) is 0 Å². The van der Waals surface area contributed by atoms with Crippen molar-refractivity contribution < 1.29 is 24.1 Å². The summed E-state index contributed by atoms with van der Waals surface area (Å²) in [6.45, 7) is 3.48. The lowest BCUT2D eigenvalue weighted by Gasteiger charge is -2.46. The van der Waals surface area contributed by atoms with Crippen molar-refractivity contribution in [1.29, 1.82) is 0 Å². The number of nitrogens with zero attached hydrogens (tertiary/aromatic N) is 5. The highest BCUT2D eigenvalue weighted by Crippen LogP contribution is 2.46. The van der Waals surface area contributed by atoms with Crippen LogP contribution in [0.3, 0.4) is 0 Å². The molecule has 4 heterocycles. The van der Waals surface area contributed by atoms with Crippen molar-refractivity contribution >= 4 is 28.8 Å². The molecule has 1 aliphatic heterocycles. The lowest BCUT2D eigenvalue weighted by Crippen LogP contribution is -2.53. The number of aryl methyl sites for hydroxylation is 1. The Morgan fingerprint density at radius 2 is 1.95 bits per heavy atom. The highest BCUT2D eigenvalue weighted by Gasteiger charge is 2.53. The van der Waals surface area contributed by atoms with Crippen LogP contribution in [0, 0.1) is 12.7 Å². The number of pyridine rings is 1. The van der Waals surface area contributed by atoms with E-state index in [9.17, 15) is 15.0 Å². The first-order valence-electron chi connectivity index (χ1n) is 11.7. The maximum atomic E-state index is 15.1. The second-order valence-corrected chi connectivity index (χ2v) is 10.3. The molecule has 190 valence electrons. The highest BCUT2D eigenvalue weighted by molar-refractivity contribution is 6.32. The van der Waals surface area contributed by atoms with E-state index in [1.165, 1.54) is 18.5 Å². The molecular formula is C26H23ClFN5O4. The van der Waals surface area contributed by atoms with Crippen molar-refractivity contribution in [2.75, 3.05) is 11.5 Å². The standard InChI is InChI=1S/C26H23ClFN5O4/c1-14-20(10-33-19-5-3-4-17(27)23(19)37-11-22(33)34)32-9-16(18(28)6-21(32)31-14)15-7-29-24(30-8-15)26(36)12-25(2,35)13-26/h3-9,35-36H,10-13H2,1-2H3. The van der Waals surface area contributed by atoms with Gasteiger partial charge in [0.2, 0.25) is 0 Å². The molecule has 9 nitrogen and oxygen atoms in total. The number of benzene rings is 1. The fraction of sp³-hybridized carbons (Fsp3) is 0.308. The van der Waals surface area contributed by atoms with Crippen LogP contribution in [0.25, 0.3) is 16.8 Å². The Balaban J connectivity index is 1.37. The zero-order valence-corrected chi connectivity index (χ0v) is 20.8. The molecule has 6 rings (SSSR count). The first-order chi connectivity index (χ1) is 17.5. The van der Waals surface area contributed by atoms with Gasteiger partial charge in [0.1, 0.15) is 17.1 Å². The number of fused-ring (bicyclic) bond motifs is 2. The topological polar surface area (TPSA) is 113 Å². The van der Waals surface area contributed by atoms with E-state index in [1.54, 1.807) is 47.5 Å². The number of carbonyl (C=O) groups is 1. The molecule has 3 aromatic heterocycles. The number of amides is 1. The lowest BCUT2D eigenvalue weighted by molar-refractivity contribution is -0.180. The minimum Gasteiger partial charge on any atom is -0.480 e. The number of imidazole rings is 1. The van der Waals surface area contributed by atoms with Crippen LogP contribution < -0.4 is 9.64 Å². The third kappa shape index (κ3) is 3.92. The summed E-state index contributed by atoms with van der Waals surface area (Å²) in [7, 11) is 0. The molecule has 1 aromatic carbocycles. The minimum absolute atomic E-state index is 0.131. The molecule has 0 radical (unpaired) electrons. The molecule has 0 unspecified atom stereocenters. The van der Waals surface area contributed by atoms with Gasteiger partial charge in [0.05, 0.1) is 34.2 Å². The Bertz CT molecular complexity index is 1560. The molecule has 0 bridgehead atoms. The molecule has 2 aliphatic rings. The fourth-order valence-electron chi connectivity index (χ4n) is 5.23. The molecule has 37 heavy (non-hydrogen) atoms. The van der Waals surface area contributed by atoms with Crippen LogP contribution >= 0.6 is 11.6 Å². The van der Waals surface area contributed by atoms with Crippen molar-refractivity contribution in [3.8, 4) is 16.9 Å². The van der Waals surface area contributed by atoms with E-state index in [4.69, 9.17) is 16.3 Å². The van der Waals surface area contributed by atoms with Gasteiger partial charge in [-0.1, -0.05) is 17.7 Å². The summed E-state index contributed by atoms with van der Waals surface area (Å²) in [4.78, 5) is 27.4. The van der Waals surface area contributed by atoms with E-state index >= 15 is 4.39 Å². The number of aliphatic hydroxyl groups is 2. The third-order valence-electron chi connectivity index (χ3n) is 6.92. The zero-order chi connectivity index (χ0) is 26.1. The van der Waals surface area contributed by atoms with Crippen LogP contribution in [-0.4, -0.2) is 47.7 Å². The van der Waals surface area contributed by atoms with Crippen molar-refractivity contribution in [1.82, 2.24) is 19.4 Å². The van der Waals surface area contributed by atoms with E-state index < -0.39 is 17.0 Å². The van der Waals surface area contributed by atoms with Gasteiger partial charge in [0.25, 0.3) is 5.91 Å². The molecule has 1 aliphatic carbocycles. The number of hydrogen-bond acceptors (Lipinski definition) is 7. The molecule has 2 N–H and O–H groups in total. The first kappa shape index (κ1) is 23.8. The summed E-state index contributed by atoms with van der Waals surface area (Å²) in [6.07, 6.45) is 4.76. The number of para-hydroxylation sites is 1. The quantitative estimate of drug-likeness (QED) is 0.420. The molecule has 11 heteroatoms. The molecular weight excluding hydrogens is 501 g/mol. The molecule has 4 aromatic rings. The maximum Gasteiger partial charge on any atom is 0.265 e. The lowest BCUT2D eigenvalue weighted by atomic mass is 9.68. The van der Waals surface area contributed by atoms with Crippen LogP contribution in [0.2, 0.25) is 5.02 Å². The average Bonchev–Trinajstić information content (AvgIpc) is 3.13. The van der Waals surface area contributed by atoms with Crippen LogP contribution in [-0.2, 0) is 16.9 Å². The Labute approximate surface area is 216 Å². The maximum absolute atomic E-state index is 15.1. The summed E-state index contributed by atoms with van der Waals surface area (Å²) in [6, 6.07) is 6.52. The van der Waals surface area contributed by atoms with Crippen LogP contribution in [0.5, 0.6) is 5.75 Å². The number of rotatable bonds is 4. The highest BCUT2D eigenvalue weighted by atomic mass is 35.5. The smallest absolute Gasteiger partial charge is 0.265 e. The number of hydrogen-bond donors (Lipinski definition) is 2. The Morgan fingerprint density at radius 1 is 1.22 bits per heavy atom. The number of carbonyl (C=O) groups excluding carboxylic acids is 1. The van der Waals surface area contributed by atoms with E-state index in [0.717, 1.165) is 0 Å². The van der Waals surface area contributed by atoms with Crippen LogP contribution in [0.15, 0.2) is 42.9 Å². The van der Waals surface area contributed by atoms with Gasteiger partial charge in [0, 0.05) is 48.6 Å². The van der Waals surface area contributed by atoms with E-state index in [1.807, 2.05) is 0 Å². The minimum atomic E-state index is -1.30. The first-order valence-corrected chi connectivity index (χ1v) is 12.1. The molecule has 1 saturated carbocycles. The van der Waals surface area contributed by atoms with Gasteiger partial charge >= 0.3 is 0 Å². The second kappa shape index (κ2) is 8.20. The number of ether oxygens (including phenoxy) is 1. The molecule has 1 fully saturated rings. The predicted octanol–water partition coefficient (Wildman–Crippen LogP) is 3.55. The summed E-state index contributed by atoms with van der Waals surface area (Å²) < 4.78 is 22.4. The fourth-order valence-corrected chi connectivity index (χ4v) is 5.45. The van der Waals surface area contributed by atoms with E-state index in [0.29, 0.717) is 39.1 Å². The number of anilines is 1. The van der Waals surface area contributed by atoms with E-state index in [-0.39, 0.29) is 43.3 Å². The van der Waals surface area contributed by atoms with E-state index in [2.05, 4.69) is 15.0 Å². The van der Waals surface area contributed by atoms with Gasteiger partial charge in [-0.3, -0.25) is 9.69 Å². The Kier molecular flexibility index (Phi) is 5.27. The molecule has 0 atom stereocenters. The Hall–Kier alpha value is -3.60. The van der Waals surface area contributed by atoms with Gasteiger partial charge in [-0.25, -0.2) is 19.3 Å². The molecule has 0 saturated heterocycles. The van der Waals surface area contributed by atoms with Crippen molar-refractivity contribution in [2.45, 2.75) is 44.4 Å². The third-order valence-corrected chi connectivity index (χ3v) is 7.22. The molecule has 0 spiro atoms.